The zero-order valence-electron chi connectivity index (χ0n) is 8.16. The second-order valence-electron chi connectivity index (χ2n) is 4.50. The van der Waals surface area contributed by atoms with Crippen LogP contribution in [-0.2, 0) is 0 Å². The molecule has 1 aliphatic carbocycles. The van der Waals surface area contributed by atoms with E-state index in [1.165, 1.54) is 0 Å². The summed E-state index contributed by atoms with van der Waals surface area (Å²) in [7, 11) is 0. The summed E-state index contributed by atoms with van der Waals surface area (Å²) in [6.45, 7) is 1.96. The summed E-state index contributed by atoms with van der Waals surface area (Å²) < 4.78 is 0. The van der Waals surface area contributed by atoms with Gasteiger partial charge < -0.3 is 15.5 Å². The van der Waals surface area contributed by atoms with Crippen molar-refractivity contribution in [3.63, 3.8) is 0 Å². The molecule has 3 rings (SSSR count). The summed E-state index contributed by atoms with van der Waals surface area (Å²) in [5.41, 5.74) is -0.635. The fourth-order valence-corrected chi connectivity index (χ4v) is 2.71. The van der Waals surface area contributed by atoms with Gasteiger partial charge in [0, 0.05) is 6.04 Å². The average molecular weight is 185 g/mol. The molecule has 0 aromatic heterocycles. The van der Waals surface area contributed by atoms with Gasteiger partial charge in [0.05, 0.1) is 17.7 Å². The van der Waals surface area contributed by atoms with Gasteiger partial charge in [0.15, 0.2) is 0 Å². The SMILES string of the molecule is CC[C@H](O)[C@@H]1NC2CCC1(O)CC2. The number of piperidine rings is 2. The Morgan fingerprint density at radius 2 is 2.08 bits per heavy atom. The zero-order valence-corrected chi connectivity index (χ0v) is 8.16. The minimum absolute atomic E-state index is 0.0926. The number of hydrogen-bond donors (Lipinski definition) is 3. The Hall–Kier alpha value is -0.120. The van der Waals surface area contributed by atoms with Crippen molar-refractivity contribution >= 4 is 0 Å². The molecule has 3 aliphatic rings. The minimum Gasteiger partial charge on any atom is -0.391 e. The lowest BCUT2D eigenvalue weighted by Gasteiger charge is -2.51. The van der Waals surface area contributed by atoms with Crippen LogP contribution in [0.2, 0.25) is 0 Å². The predicted octanol–water partition coefficient (Wildman–Crippen LogP) is 0.403. The molecule has 76 valence electrons. The Kier molecular flexibility index (Phi) is 2.34. The van der Waals surface area contributed by atoms with Crippen LogP contribution in [0.25, 0.3) is 0 Å². The van der Waals surface area contributed by atoms with Crippen molar-refractivity contribution in [3.05, 3.63) is 0 Å². The highest BCUT2D eigenvalue weighted by molar-refractivity contribution is 5.05. The van der Waals surface area contributed by atoms with Crippen LogP contribution in [0, 0.1) is 0 Å². The molecule has 0 aromatic carbocycles. The van der Waals surface area contributed by atoms with Crippen LogP contribution in [0.3, 0.4) is 0 Å². The lowest BCUT2D eigenvalue weighted by molar-refractivity contribution is -0.109. The molecule has 2 atom stereocenters. The van der Waals surface area contributed by atoms with Gasteiger partial charge in [0.25, 0.3) is 0 Å². The predicted molar refractivity (Wildman–Crippen MR) is 50.4 cm³/mol. The largest absolute Gasteiger partial charge is 0.391 e. The number of fused-ring (bicyclic) bond motifs is 3. The molecule has 3 fully saturated rings. The molecular formula is C10H19NO2. The van der Waals surface area contributed by atoms with Gasteiger partial charge in [0.1, 0.15) is 0 Å². The highest BCUT2D eigenvalue weighted by Gasteiger charge is 2.48. The van der Waals surface area contributed by atoms with E-state index in [0.717, 1.165) is 25.7 Å². The molecular weight excluding hydrogens is 166 g/mol. The zero-order chi connectivity index (χ0) is 9.47. The molecule has 2 bridgehead atoms. The fourth-order valence-electron chi connectivity index (χ4n) is 2.71. The molecule has 0 aromatic rings. The van der Waals surface area contributed by atoms with Crippen LogP contribution < -0.4 is 5.32 Å². The van der Waals surface area contributed by atoms with Crippen molar-refractivity contribution in [2.75, 3.05) is 0 Å². The monoisotopic (exact) mass is 185 g/mol. The highest BCUT2D eigenvalue weighted by atomic mass is 16.3. The van der Waals surface area contributed by atoms with Crippen LogP contribution in [-0.4, -0.2) is 34.0 Å². The van der Waals surface area contributed by atoms with Crippen molar-refractivity contribution in [2.45, 2.75) is 62.8 Å². The fraction of sp³-hybridized carbons (Fsp3) is 1.00. The summed E-state index contributed by atoms with van der Waals surface area (Å²) in [6.07, 6.45) is 4.14. The normalized spacial score (nSPS) is 46.4. The molecule has 0 radical (unpaired) electrons. The lowest BCUT2D eigenvalue weighted by Crippen LogP contribution is -2.67. The van der Waals surface area contributed by atoms with Crippen LogP contribution in [0.15, 0.2) is 0 Å². The van der Waals surface area contributed by atoms with Gasteiger partial charge in [-0.1, -0.05) is 6.92 Å². The van der Waals surface area contributed by atoms with E-state index in [1.807, 2.05) is 6.92 Å². The Morgan fingerprint density at radius 3 is 2.54 bits per heavy atom. The smallest absolute Gasteiger partial charge is 0.0826 e. The van der Waals surface area contributed by atoms with Gasteiger partial charge in [0.2, 0.25) is 0 Å². The number of hydrogen-bond acceptors (Lipinski definition) is 3. The Bertz CT molecular complexity index is 187. The third-order valence-electron chi connectivity index (χ3n) is 3.65. The molecule has 13 heavy (non-hydrogen) atoms. The first-order valence-corrected chi connectivity index (χ1v) is 5.32. The molecule has 2 saturated heterocycles. The van der Waals surface area contributed by atoms with Crippen molar-refractivity contribution in [2.24, 2.45) is 0 Å². The van der Waals surface area contributed by atoms with Gasteiger partial charge in [-0.25, -0.2) is 0 Å². The van der Waals surface area contributed by atoms with Gasteiger partial charge in [-0.15, -0.1) is 0 Å². The summed E-state index contributed by atoms with van der Waals surface area (Å²) in [6, 6.07) is 0.435. The Labute approximate surface area is 79.2 Å². The molecule has 1 saturated carbocycles. The average Bonchev–Trinajstić information content (AvgIpc) is 2.17. The maximum absolute atomic E-state index is 10.3. The van der Waals surface area contributed by atoms with E-state index in [4.69, 9.17) is 0 Å². The van der Waals surface area contributed by atoms with Gasteiger partial charge >= 0.3 is 0 Å². The maximum atomic E-state index is 10.3. The molecule has 3 N–H and O–H groups in total. The lowest BCUT2D eigenvalue weighted by atomic mass is 9.70. The number of rotatable bonds is 2. The third kappa shape index (κ3) is 1.49. The van der Waals surface area contributed by atoms with Crippen molar-refractivity contribution < 1.29 is 10.2 Å². The standard InChI is InChI=1S/C10H19NO2/c1-2-8(12)9-10(13)5-3-7(11-9)4-6-10/h7-9,11-13H,2-6H2,1H3/t7?,8-,9-,10?/m0/s1. The first-order valence-electron chi connectivity index (χ1n) is 5.32. The van der Waals surface area contributed by atoms with E-state index < -0.39 is 11.7 Å². The van der Waals surface area contributed by atoms with E-state index in [-0.39, 0.29) is 6.04 Å². The first-order chi connectivity index (χ1) is 6.15. The van der Waals surface area contributed by atoms with E-state index in [1.54, 1.807) is 0 Å². The first kappa shape index (κ1) is 9.44. The van der Waals surface area contributed by atoms with E-state index in [9.17, 15) is 10.2 Å². The molecule has 0 amide bonds. The van der Waals surface area contributed by atoms with Gasteiger partial charge in [-0.2, -0.15) is 0 Å². The van der Waals surface area contributed by atoms with Crippen LogP contribution in [0.1, 0.15) is 39.0 Å². The van der Waals surface area contributed by atoms with Crippen molar-refractivity contribution in [3.8, 4) is 0 Å². The molecule has 2 aliphatic heterocycles. The van der Waals surface area contributed by atoms with Crippen LogP contribution >= 0.6 is 0 Å². The third-order valence-corrected chi connectivity index (χ3v) is 3.65. The molecule has 3 nitrogen and oxygen atoms in total. The number of aliphatic hydroxyl groups excluding tert-OH is 1. The number of nitrogens with one attached hydrogen (secondary N) is 1. The molecule has 0 spiro atoms. The quantitative estimate of drug-likeness (QED) is 0.584. The second-order valence-corrected chi connectivity index (χ2v) is 4.50. The topological polar surface area (TPSA) is 52.5 Å². The molecule has 2 heterocycles. The summed E-state index contributed by atoms with van der Waals surface area (Å²) in [5.74, 6) is 0. The number of aliphatic hydroxyl groups is 2. The minimum atomic E-state index is -0.635. The summed E-state index contributed by atoms with van der Waals surface area (Å²) in [4.78, 5) is 0. The Morgan fingerprint density at radius 1 is 1.46 bits per heavy atom. The van der Waals surface area contributed by atoms with E-state index >= 15 is 0 Å². The maximum Gasteiger partial charge on any atom is 0.0826 e. The van der Waals surface area contributed by atoms with Crippen molar-refractivity contribution in [1.82, 2.24) is 5.32 Å². The summed E-state index contributed by atoms with van der Waals surface area (Å²) >= 11 is 0. The van der Waals surface area contributed by atoms with E-state index in [0.29, 0.717) is 12.5 Å². The molecule has 0 unspecified atom stereocenters. The van der Waals surface area contributed by atoms with Gasteiger partial charge in [-0.3, -0.25) is 0 Å². The van der Waals surface area contributed by atoms with E-state index in [2.05, 4.69) is 5.32 Å². The highest BCUT2D eigenvalue weighted by Crippen LogP contribution is 2.38. The van der Waals surface area contributed by atoms with Crippen LogP contribution in [0.5, 0.6) is 0 Å². The molecule has 3 heteroatoms. The Balaban J connectivity index is 2.11. The van der Waals surface area contributed by atoms with Gasteiger partial charge in [-0.05, 0) is 32.1 Å². The summed E-state index contributed by atoms with van der Waals surface area (Å²) in [5, 5.41) is 23.3. The van der Waals surface area contributed by atoms with Crippen molar-refractivity contribution in [1.29, 1.82) is 0 Å². The van der Waals surface area contributed by atoms with Crippen LogP contribution in [0.4, 0.5) is 0 Å². The second kappa shape index (κ2) is 3.23.